The second kappa shape index (κ2) is 8.63. The number of hydrogen-bond acceptors (Lipinski definition) is 5. The molecular formula is C25H24N4O3. The van der Waals surface area contributed by atoms with E-state index in [9.17, 15) is 9.59 Å². The lowest BCUT2D eigenvalue weighted by Crippen LogP contribution is -2.23. The smallest absolute Gasteiger partial charge is 0.359 e. The van der Waals surface area contributed by atoms with E-state index in [0.717, 1.165) is 16.7 Å². The second-order valence-electron chi connectivity index (χ2n) is 7.46. The Balaban J connectivity index is 2.14. The van der Waals surface area contributed by atoms with E-state index in [-0.39, 0.29) is 24.5 Å². The van der Waals surface area contributed by atoms with Gasteiger partial charge < -0.3 is 4.74 Å². The van der Waals surface area contributed by atoms with E-state index in [1.54, 1.807) is 13.0 Å². The summed E-state index contributed by atoms with van der Waals surface area (Å²) in [6.07, 6.45) is 1.60. The van der Waals surface area contributed by atoms with Crippen LogP contribution in [0.2, 0.25) is 0 Å². The molecule has 4 aromatic rings. The topological polar surface area (TPSA) is 79.0 Å². The molecule has 0 aliphatic carbocycles. The molecule has 0 atom stereocenters. The van der Waals surface area contributed by atoms with Gasteiger partial charge in [-0.2, -0.15) is 0 Å². The second-order valence-corrected chi connectivity index (χ2v) is 7.46. The van der Waals surface area contributed by atoms with Gasteiger partial charge in [0.25, 0.3) is 0 Å². The van der Waals surface area contributed by atoms with Gasteiger partial charge in [-0.05, 0) is 32.4 Å². The van der Waals surface area contributed by atoms with Crippen LogP contribution in [0.25, 0.3) is 28.2 Å². The molecule has 0 radical (unpaired) electrons. The average molecular weight is 428 g/mol. The van der Waals surface area contributed by atoms with E-state index in [2.05, 4.69) is 11.6 Å². The lowest BCUT2D eigenvalue weighted by molar-refractivity contribution is 0.0521. The van der Waals surface area contributed by atoms with Gasteiger partial charge in [0.15, 0.2) is 17.2 Å². The normalized spacial score (nSPS) is 11.0. The molecule has 2 heterocycles. The average Bonchev–Trinajstić information content (AvgIpc) is 3.06. The Morgan fingerprint density at radius 2 is 1.81 bits per heavy atom. The van der Waals surface area contributed by atoms with Crippen LogP contribution in [0.1, 0.15) is 28.5 Å². The van der Waals surface area contributed by atoms with Gasteiger partial charge in [-0.1, -0.05) is 54.1 Å². The number of para-hydroxylation sites is 1. The highest BCUT2D eigenvalue weighted by Crippen LogP contribution is 2.25. The first-order valence-electron chi connectivity index (χ1n) is 10.4. The fourth-order valence-corrected chi connectivity index (χ4v) is 3.66. The molecule has 4 rings (SSSR count). The summed E-state index contributed by atoms with van der Waals surface area (Å²) in [4.78, 5) is 35.7. The largest absolute Gasteiger partial charge is 0.461 e. The number of esters is 1. The maximum Gasteiger partial charge on any atom is 0.359 e. The zero-order valence-electron chi connectivity index (χ0n) is 18.3. The Bertz CT molecular complexity index is 1380. The minimum atomic E-state index is -0.604. The predicted octanol–water partition coefficient (Wildman–Crippen LogP) is 4.23. The Morgan fingerprint density at radius 3 is 2.47 bits per heavy atom. The Labute approximate surface area is 185 Å². The molecule has 0 saturated carbocycles. The summed E-state index contributed by atoms with van der Waals surface area (Å²) in [6.45, 7) is 9.79. The van der Waals surface area contributed by atoms with Crippen molar-refractivity contribution in [3.8, 4) is 17.1 Å². The van der Waals surface area contributed by atoms with E-state index >= 15 is 0 Å². The summed E-state index contributed by atoms with van der Waals surface area (Å²) in [5.41, 5.74) is 3.83. The molecule has 162 valence electrons. The fraction of sp³-hybridized carbons (Fsp3) is 0.200. The number of fused-ring (bicyclic) bond motifs is 1. The van der Waals surface area contributed by atoms with Crippen molar-refractivity contribution in [3.63, 3.8) is 0 Å². The Morgan fingerprint density at radius 1 is 1.09 bits per heavy atom. The van der Waals surface area contributed by atoms with Crippen LogP contribution in [0.15, 0.2) is 66.0 Å². The highest BCUT2D eigenvalue weighted by atomic mass is 16.5. The quantitative estimate of drug-likeness (QED) is 0.339. The predicted molar refractivity (Wildman–Crippen MR) is 124 cm³/mol. The maximum absolute atomic E-state index is 13.5. The van der Waals surface area contributed by atoms with Gasteiger partial charge in [0, 0.05) is 12.1 Å². The lowest BCUT2D eigenvalue weighted by atomic mass is 10.1. The number of carbonyl (C=O) groups excluding carboxylic acids is 1. The minimum absolute atomic E-state index is 0.0544. The number of aryl methyl sites for hydroxylation is 2. The molecule has 0 bridgehead atoms. The molecule has 0 unspecified atom stereocenters. The van der Waals surface area contributed by atoms with Crippen molar-refractivity contribution < 1.29 is 9.53 Å². The number of nitrogens with zero attached hydrogens (tertiary/aromatic N) is 4. The van der Waals surface area contributed by atoms with E-state index in [1.807, 2.05) is 62.4 Å². The van der Waals surface area contributed by atoms with E-state index in [4.69, 9.17) is 9.72 Å². The number of ether oxygens (including phenoxy) is 1. The molecule has 0 amide bonds. The molecule has 7 heteroatoms. The molecule has 32 heavy (non-hydrogen) atoms. The monoisotopic (exact) mass is 428 g/mol. The van der Waals surface area contributed by atoms with Crippen LogP contribution in [0, 0.1) is 13.8 Å². The van der Waals surface area contributed by atoms with Crippen LogP contribution in [-0.4, -0.2) is 31.7 Å². The molecule has 0 saturated heterocycles. The van der Waals surface area contributed by atoms with Crippen LogP contribution in [0.3, 0.4) is 0 Å². The number of allylic oxidation sites excluding steroid dienone is 1. The third kappa shape index (κ3) is 3.62. The molecule has 7 nitrogen and oxygen atoms in total. The van der Waals surface area contributed by atoms with Crippen molar-refractivity contribution in [2.24, 2.45) is 0 Å². The fourth-order valence-electron chi connectivity index (χ4n) is 3.66. The summed E-state index contributed by atoms with van der Waals surface area (Å²) in [6, 6.07) is 15.2. The first-order chi connectivity index (χ1) is 15.5. The molecule has 0 N–H and O–H groups in total. The van der Waals surface area contributed by atoms with Gasteiger partial charge in [0.1, 0.15) is 5.52 Å². The first-order valence-corrected chi connectivity index (χ1v) is 10.4. The van der Waals surface area contributed by atoms with E-state index in [0.29, 0.717) is 22.7 Å². The van der Waals surface area contributed by atoms with Crippen molar-refractivity contribution in [2.45, 2.75) is 27.3 Å². The summed E-state index contributed by atoms with van der Waals surface area (Å²) >= 11 is 0. The zero-order valence-corrected chi connectivity index (χ0v) is 18.3. The van der Waals surface area contributed by atoms with Crippen LogP contribution >= 0.6 is 0 Å². The van der Waals surface area contributed by atoms with Gasteiger partial charge >= 0.3 is 11.7 Å². The number of aromatic nitrogens is 4. The van der Waals surface area contributed by atoms with E-state index < -0.39 is 5.97 Å². The van der Waals surface area contributed by atoms with Crippen LogP contribution in [-0.2, 0) is 11.3 Å². The highest BCUT2D eigenvalue weighted by Gasteiger charge is 2.26. The van der Waals surface area contributed by atoms with Gasteiger partial charge in [0.05, 0.1) is 12.3 Å². The lowest BCUT2D eigenvalue weighted by Gasteiger charge is -2.09. The molecule has 0 aliphatic rings. The van der Waals surface area contributed by atoms with Crippen molar-refractivity contribution in [2.75, 3.05) is 6.61 Å². The third-order valence-electron chi connectivity index (χ3n) is 5.22. The summed E-state index contributed by atoms with van der Waals surface area (Å²) < 4.78 is 8.26. The number of hydrogen-bond donors (Lipinski definition) is 0. The first kappa shape index (κ1) is 21.2. The van der Waals surface area contributed by atoms with Crippen molar-refractivity contribution >= 4 is 17.1 Å². The van der Waals surface area contributed by atoms with Gasteiger partial charge in [-0.3, -0.25) is 4.57 Å². The summed E-state index contributed by atoms with van der Waals surface area (Å²) in [7, 11) is 0. The SMILES string of the molecule is C=CCn1c(=O)n(-c2ccccc2C)c2nc(-c3ccc(C)cc3)nc(C(=O)OCC)c21. The van der Waals surface area contributed by atoms with Crippen LogP contribution in [0.5, 0.6) is 0 Å². The molecule has 0 fully saturated rings. The molecule has 2 aromatic heterocycles. The summed E-state index contributed by atoms with van der Waals surface area (Å²) in [5.74, 6) is -0.258. The molecule has 0 spiro atoms. The Hall–Kier alpha value is -4.00. The zero-order chi connectivity index (χ0) is 22.8. The maximum atomic E-state index is 13.5. The van der Waals surface area contributed by atoms with Crippen molar-refractivity contribution in [1.82, 2.24) is 19.1 Å². The van der Waals surface area contributed by atoms with Crippen molar-refractivity contribution in [3.05, 3.63) is 88.5 Å². The van der Waals surface area contributed by atoms with Gasteiger partial charge in [0.2, 0.25) is 0 Å². The van der Waals surface area contributed by atoms with Crippen molar-refractivity contribution in [1.29, 1.82) is 0 Å². The van der Waals surface area contributed by atoms with E-state index in [1.165, 1.54) is 9.13 Å². The molecule has 2 aromatic carbocycles. The van der Waals surface area contributed by atoms with Gasteiger partial charge in [-0.15, -0.1) is 6.58 Å². The molecule has 0 aliphatic heterocycles. The highest BCUT2D eigenvalue weighted by molar-refractivity contribution is 6.00. The number of benzene rings is 2. The minimum Gasteiger partial charge on any atom is -0.461 e. The summed E-state index contributed by atoms with van der Waals surface area (Å²) in [5, 5.41) is 0. The Kier molecular flexibility index (Phi) is 5.73. The number of rotatable bonds is 6. The molecular weight excluding hydrogens is 404 g/mol. The van der Waals surface area contributed by atoms with Gasteiger partial charge in [-0.25, -0.2) is 24.1 Å². The number of imidazole rings is 1. The standard InChI is InChI=1S/C25H24N4O3/c1-5-15-28-21-20(24(30)32-6-2)26-22(18-13-11-16(3)12-14-18)27-23(21)29(25(28)31)19-10-8-7-9-17(19)4/h5,7-14H,1,6,15H2,2-4H3. The van der Waals surface area contributed by atoms with Crippen LogP contribution in [0.4, 0.5) is 0 Å². The van der Waals surface area contributed by atoms with Crippen LogP contribution < -0.4 is 5.69 Å². The number of carbonyl (C=O) groups is 1. The third-order valence-corrected chi connectivity index (χ3v) is 5.22.